The zero-order valence-corrected chi connectivity index (χ0v) is 17.5. The Morgan fingerprint density at radius 3 is 2.55 bits per heavy atom. The highest BCUT2D eigenvalue weighted by Crippen LogP contribution is 2.16. The fourth-order valence-corrected chi connectivity index (χ4v) is 3.13. The Bertz CT molecular complexity index is 973. The molecule has 2 heterocycles. The Hall–Kier alpha value is -3.23. The molecule has 0 aliphatic rings. The number of hydrogen-bond acceptors (Lipinski definition) is 6. The minimum atomic E-state index is -0.136. The van der Waals surface area contributed by atoms with E-state index in [-0.39, 0.29) is 18.6 Å². The normalized spacial score (nSPS) is 11.1. The summed E-state index contributed by atoms with van der Waals surface area (Å²) < 4.78 is 9.40. The summed E-state index contributed by atoms with van der Waals surface area (Å²) in [6.45, 7) is 11.6. The average Bonchev–Trinajstić information content (AvgIpc) is 3.29. The number of tetrazole rings is 1. The van der Waals surface area contributed by atoms with Crippen LogP contribution in [0.4, 0.5) is 0 Å². The zero-order valence-electron chi connectivity index (χ0n) is 17.5. The molecule has 3 rings (SSSR count). The van der Waals surface area contributed by atoms with E-state index in [1.54, 1.807) is 28.9 Å². The summed E-state index contributed by atoms with van der Waals surface area (Å²) in [7, 11) is 0. The van der Waals surface area contributed by atoms with Crippen LogP contribution in [0.3, 0.4) is 0 Å². The van der Waals surface area contributed by atoms with Crippen LogP contribution in [0.25, 0.3) is 0 Å². The molecule has 154 valence electrons. The van der Waals surface area contributed by atoms with E-state index in [1.165, 1.54) is 0 Å². The van der Waals surface area contributed by atoms with E-state index >= 15 is 0 Å². The molecule has 29 heavy (non-hydrogen) atoms. The van der Waals surface area contributed by atoms with Gasteiger partial charge in [-0.3, -0.25) is 9.48 Å². The van der Waals surface area contributed by atoms with Crippen molar-refractivity contribution in [3.8, 4) is 5.75 Å². The van der Waals surface area contributed by atoms with Crippen LogP contribution in [0.2, 0.25) is 0 Å². The van der Waals surface area contributed by atoms with E-state index in [0.717, 1.165) is 23.5 Å². The molecule has 9 nitrogen and oxygen atoms in total. The van der Waals surface area contributed by atoms with Crippen LogP contribution >= 0.6 is 0 Å². The summed E-state index contributed by atoms with van der Waals surface area (Å²) >= 11 is 0. The Morgan fingerprint density at radius 2 is 1.93 bits per heavy atom. The summed E-state index contributed by atoms with van der Waals surface area (Å²) in [6, 6.07) is 7.18. The number of rotatable bonds is 8. The number of amides is 1. The van der Waals surface area contributed by atoms with Crippen molar-refractivity contribution in [2.24, 2.45) is 0 Å². The summed E-state index contributed by atoms with van der Waals surface area (Å²) in [5, 5.41) is 19.1. The first-order valence-corrected chi connectivity index (χ1v) is 9.71. The Balaban J connectivity index is 1.57. The highest BCUT2D eigenvalue weighted by atomic mass is 16.5. The number of aryl methyl sites for hydroxylation is 2. The fourth-order valence-electron chi connectivity index (χ4n) is 3.13. The monoisotopic (exact) mass is 397 g/mol. The molecule has 1 amide bonds. The molecule has 0 spiro atoms. The standard InChI is InChI=1S/C20H27N7O2/c1-6-26-15(5)18(14(4)23-26)11-21-20(28)16-7-9-17(10-8-16)29-12-19-22-24-25-27(19)13(2)3/h7-10,13H,6,11-12H2,1-5H3,(H,21,28). The molecule has 0 saturated carbocycles. The molecule has 0 aliphatic carbocycles. The van der Waals surface area contributed by atoms with Crippen LogP contribution in [-0.4, -0.2) is 35.9 Å². The molecule has 1 N–H and O–H groups in total. The van der Waals surface area contributed by atoms with Crippen molar-refractivity contribution in [2.75, 3.05) is 0 Å². The molecule has 0 radical (unpaired) electrons. The number of carbonyl (C=O) groups excluding carboxylic acids is 1. The zero-order chi connectivity index (χ0) is 21.0. The minimum absolute atomic E-state index is 0.136. The van der Waals surface area contributed by atoms with Gasteiger partial charge in [-0.25, -0.2) is 4.68 Å². The first kappa shape index (κ1) is 20.5. The molecule has 0 bridgehead atoms. The first-order valence-electron chi connectivity index (χ1n) is 9.71. The summed E-state index contributed by atoms with van der Waals surface area (Å²) in [5.41, 5.74) is 3.65. The smallest absolute Gasteiger partial charge is 0.251 e. The lowest BCUT2D eigenvalue weighted by atomic mass is 10.1. The molecule has 0 aliphatic heterocycles. The maximum atomic E-state index is 12.5. The highest BCUT2D eigenvalue weighted by Gasteiger charge is 2.13. The third-order valence-corrected chi connectivity index (χ3v) is 4.79. The lowest BCUT2D eigenvalue weighted by Crippen LogP contribution is -2.23. The number of nitrogens with zero attached hydrogens (tertiary/aromatic N) is 6. The highest BCUT2D eigenvalue weighted by molar-refractivity contribution is 5.94. The van der Waals surface area contributed by atoms with E-state index in [1.807, 2.05) is 32.4 Å². The predicted molar refractivity (Wildman–Crippen MR) is 108 cm³/mol. The maximum Gasteiger partial charge on any atom is 0.251 e. The Kier molecular flexibility index (Phi) is 6.26. The molecule has 0 fully saturated rings. The van der Waals surface area contributed by atoms with Crippen molar-refractivity contribution in [2.45, 2.75) is 60.4 Å². The Labute approximate surface area is 170 Å². The molecule has 1 aromatic carbocycles. The Morgan fingerprint density at radius 1 is 1.21 bits per heavy atom. The van der Waals surface area contributed by atoms with Crippen LogP contribution in [-0.2, 0) is 19.7 Å². The minimum Gasteiger partial charge on any atom is -0.486 e. The van der Waals surface area contributed by atoms with Gasteiger partial charge in [0.05, 0.1) is 11.7 Å². The topological polar surface area (TPSA) is 99.8 Å². The van der Waals surface area contributed by atoms with Gasteiger partial charge in [0, 0.05) is 29.9 Å². The lowest BCUT2D eigenvalue weighted by molar-refractivity contribution is 0.0951. The molecular formula is C20H27N7O2. The molecule has 3 aromatic rings. The summed E-state index contributed by atoms with van der Waals surface area (Å²) in [4.78, 5) is 12.5. The lowest BCUT2D eigenvalue weighted by Gasteiger charge is -2.10. The maximum absolute atomic E-state index is 12.5. The van der Waals surface area contributed by atoms with Gasteiger partial charge in [0.25, 0.3) is 5.91 Å². The number of carbonyl (C=O) groups is 1. The molecule has 9 heteroatoms. The van der Waals surface area contributed by atoms with Gasteiger partial charge in [-0.2, -0.15) is 5.10 Å². The number of aromatic nitrogens is 6. The van der Waals surface area contributed by atoms with E-state index in [9.17, 15) is 4.79 Å². The summed E-state index contributed by atoms with van der Waals surface area (Å²) in [6.07, 6.45) is 0. The van der Waals surface area contributed by atoms with Crippen LogP contribution < -0.4 is 10.1 Å². The van der Waals surface area contributed by atoms with E-state index < -0.39 is 0 Å². The van der Waals surface area contributed by atoms with Crippen molar-refractivity contribution in [3.63, 3.8) is 0 Å². The SMILES string of the molecule is CCn1nc(C)c(CNC(=O)c2ccc(OCc3nnnn3C(C)C)cc2)c1C. The van der Waals surface area contributed by atoms with Crippen molar-refractivity contribution < 1.29 is 9.53 Å². The third kappa shape index (κ3) is 4.61. The van der Waals surface area contributed by atoms with Crippen LogP contribution in [0.1, 0.15) is 59.9 Å². The predicted octanol–water partition coefficient (Wildman–Crippen LogP) is 2.60. The van der Waals surface area contributed by atoms with Gasteiger partial charge >= 0.3 is 0 Å². The number of hydrogen-bond donors (Lipinski definition) is 1. The van der Waals surface area contributed by atoms with Crippen molar-refractivity contribution >= 4 is 5.91 Å². The van der Waals surface area contributed by atoms with Gasteiger partial charge in [-0.15, -0.1) is 5.10 Å². The quantitative estimate of drug-likeness (QED) is 0.627. The number of nitrogens with one attached hydrogen (secondary N) is 1. The molecular weight excluding hydrogens is 370 g/mol. The van der Waals surface area contributed by atoms with Gasteiger partial charge < -0.3 is 10.1 Å². The number of ether oxygens (including phenoxy) is 1. The average molecular weight is 397 g/mol. The van der Waals surface area contributed by atoms with Crippen LogP contribution in [0.15, 0.2) is 24.3 Å². The molecule has 0 unspecified atom stereocenters. The van der Waals surface area contributed by atoms with Crippen LogP contribution in [0.5, 0.6) is 5.75 Å². The van der Waals surface area contributed by atoms with Crippen molar-refractivity contribution in [1.82, 2.24) is 35.3 Å². The van der Waals surface area contributed by atoms with Crippen molar-refractivity contribution in [1.29, 1.82) is 0 Å². The van der Waals surface area contributed by atoms with E-state index in [4.69, 9.17) is 4.74 Å². The van der Waals surface area contributed by atoms with Gasteiger partial charge in [0.2, 0.25) is 0 Å². The van der Waals surface area contributed by atoms with E-state index in [0.29, 0.717) is 23.7 Å². The fraction of sp³-hybridized carbons (Fsp3) is 0.450. The molecule has 0 atom stereocenters. The third-order valence-electron chi connectivity index (χ3n) is 4.79. The van der Waals surface area contributed by atoms with Gasteiger partial charge in [-0.1, -0.05) is 0 Å². The second-order valence-corrected chi connectivity index (χ2v) is 7.09. The largest absolute Gasteiger partial charge is 0.486 e. The molecule has 0 saturated heterocycles. The first-order chi connectivity index (χ1) is 13.9. The molecule has 2 aromatic heterocycles. The van der Waals surface area contributed by atoms with Gasteiger partial charge in [0.1, 0.15) is 12.4 Å². The second kappa shape index (κ2) is 8.85. The van der Waals surface area contributed by atoms with Gasteiger partial charge in [-0.05, 0) is 69.3 Å². The van der Waals surface area contributed by atoms with Crippen LogP contribution in [0, 0.1) is 13.8 Å². The number of benzene rings is 1. The van der Waals surface area contributed by atoms with Gasteiger partial charge in [0.15, 0.2) is 5.82 Å². The van der Waals surface area contributed by atoms with E-state index in [2.05, 4.69) is 32.9 Å². The summed E-state index contributed by atoms with van der Waals surface area (Å²) in [5.74, 6) is 1.17. The van der Waals surface area contributed by atoms with Crippen molar-refractivity contribution in [3.05, 3.63) is 52.6 Å². The second-order valence-electron chi connectivity index (χ2n) is 7.09.